The number of carbonyl (C=O) groups excluding carboxylic acids is 1. The first-order valence-corrected chi connectivity index (χ1v) is 9.90. The van der Waals surface area contributed by atoms with Crippen LogP contribution in [0.3, 0.4) is 0 Å². The van der Waals surface area contributed by atoms with E-state index in [0.29, 0.717) is 25.6 Å². The summed E-state index contributed by atoms with van der Waals surface area (Å²) in [6, 6.07) is 0.273. The number of carbonyl (C=O) groups is 1. The van der Waals surface area contributed by atoms with Crippen LogP contribution in [0.2, 0.25) is 0 Å². The van der Waals surface area contributed by atoms with Gasteiger partial charge in [-0.15, -0.1) is 0 Å². The highest BCUT2D eigenvalue weighted by Crippen LogP contribution is 2.36. The molecule has 1 aromatic heterocycles. The van der Waals surface area contributed by atoms with E-state index in [1.54, 1.807) is 4.90 Å². The third-order valence-corrected chi connectivity index (χ3v) is 5.78. The second-order valence-corrected chi connectivity index (χ2v) is 9.03. The minimum absolute atomic E-state index is 0.208. The van der Waals surface area contributed by atoms with Crippen LogP contribution in [0.4, 0.5) is 4.79 Å². The Labute approximate surface area is 162 Å². The summed E-state index contributed by atoms with van der Waals surface area (Å²) >= 11 is 0. The molecule has 0 spiro atoms. The predicted molar refractivity (Wildman–Crippen MR) is 104 cm³/mol. The Morgan fingerprint density at radius 3 is 2.41 bits per heavy atom. The maximum absolute atomic E-state index is 12.1. The van der Waals surface area contributed by atoms with Gasteiger partial charge in [0.2, 0.25) is 0 Å². The SMILES string of the molecule is CC(C)COC(=O)N1CCC(n2cc(B3OC(C)(C)C(C)(C)O3)cn2)CC1. The Kier molecular flexibility index (Phi) is 5.59. The first-order valence-electron chi connectivity index (χ1n) is 9.90. The number of aromatic nitrogens is 2. The highest BCUT2D eigenvalue weighted by atomic mass is 16.7. The molecule has 3 heterocycles. The van der Waals surface area contributed by atoms with Gasteiger partial charge in [-0.25, -0.2) is 4.79 Å². The standard InChI is InChI=1S/C19H32BN3O4/c1-14(2)13-25-17(24)22-9-7-16(8-10-22)23-12-15(11-21-23)20-26-18(3,4)19(5,6)27-20/h11-12,14,16H,7-10,13H2,1-6H3. The average molecular weight is 377 g/mol. The number of amides is 1. The Morgan fingerprint density at radius 1 is 1.26 bits per heavy atom. The molecule has 1 aromatic rings. The smallest absolute Gasteiger partial charge is 0.449 e. The van der Waals surface area contributed by atoms with Crippen molar-refractivity contribution in [3.8, 4) is 0 Å². The van der Waals surface area contributed by atoms with Crippen molar-refractivity contribution >= 4 is 18.7 Å². The molecular formula is C19H32BN3O4. The fourth-order valence-electron chi connectivity index (χ4n) is 3.30. The molecular weight excluding hydrogens is 345 g/mol. The zero-order valence-corrected chi connectivity index (χ0v) is 17.4. The maximum atomic E-state index is 12.1. The molecule has 1 amide bonds. The fourth-order valence-corrected chi connectivity index (χ4v) is 3.30. The van der Waals surface area contributed by atoms with Crippen LogP contribution in [0.15, 0.2) is 12.4 Å². The molecule has 0 aromatic carbocycles. The number of hydrogen-bond donors (Lipinski definition) is 0. The number of likely N-dealkylation sites (tertiary alicyclic amines) is 1. The molecule has 0 atom stereocenters. The van der Waals surface area contributed by atoms with Crippen molar-refractivity contribution in [1.29, 1.82) is 0 Å². The molecule has 0 aliphatic carbocycles. The van der Waals surface area contributed by atoms with Crippen molar-refractivity contribution < 1.29 is 18.8 Å². The molecule has 0 N–H and O–H groups in total. The quantitative estimate of drug-likeness (QED) is 0.755. The largest absolute Gasteiger partial charge is 0.498 e. The summed E-state index contributed by atoms with van der Waals surface area (Å²) < 4.78 is 19.5. The topological polar surface area (TPSA) is 65.8 Å². The van der Waals surface area contributed by atoms with E-state index >= 15 is 0 Å². The molecule has 150 valence electrons. The summed E-state index contributed by atoms with van der Waals surface area (Å²) in [4.78, 5) is 13.9. The average Bonchev–Trinajstić information content (AvgIpc) is 3.16. The van der Waals surface area contributed by atoms with E-state index in [1.807, 2.05) is 58.6 Å². The van der Waals surface area contributed by atoms with Gasteiger partial charge in [-0.1, -0.05) is 13.8 Å². The monoisotopic (exact) mass is 377 g/mol. The lowest BCUT2D eigenvalue weighted by molar-refractivity contribution is 0.00578. The Morgan fingerprint density at radius 2 is 1.85 bits per heavy atom. The third kappa shape index (κ3) is 4.32. The van der Waals surface area contributed by atoms with Crippen molar-refractivity contribution in [2.75, 3.05) is 19.7 Å². The minimum atomic E-state index is -0.394. The van der Waals surface area contributed by atoms with Crippen LogP contribution >= 0.6 is 0 Å². The van der Waals surface area contributed by atoms with Crippen molar-refractivity contribution in [3.63, 3.8) is 0 Å². The molecule has 0 bridgehead atoms. The van der Waals surface area contributed by atoms with E-state index in [0.717, 1.165) is 18.3 Å². The molecule has 2 aliphatic heterocycles. The normalized spacial score (nSPS) is 22.5. The van der Waals surface area contributed by atoms with Crippen LogP contribution in [-0.2, 0) is 14.0 Å². The van der Waals surface area contributed by atoms with Gasteiger partial charge in [-0.3, -0.25) is 4.68 Å². The van der Waals surface area contributed by atoms with Crippen LogP contribution < -0.4 is 5.46 Å². The summed E-state index contributed by atoms with van der Waals surface area (Å²) in [7, 11) is -0.394. The van der Waals surface area contributed by atoms with E-state index < -0.39 is 7.12 Å². The number of piperidine rings is 1. The molecule has 27 heavy (non-hydrogen) atoms. The molecule has 2 aliphatic rings. The number of ether oxygens (including phenoxy) is 1. The highest BCUT2D eigenvalue weighted by molar-refractivity contribution is 6.62. The van der Waals surface area contributed by atoms with Crippen LogP contribution in [-0.4, -0.2) is 58.8 Å². The van der Waals surface area contributed by atoms with Gasteiger partial charge in [-0.05, 0) is 46.5 Å². The Balaban J connectivity index is 1.55. The Hall–Kier alpha value is -1.54. The van der Waals surface area contributed by atoms with Gasteiger partial charge in [0.15, 0.2) is 0 Å². The van der Waals surface area contributed by atoms with E-state index in [4.69, 9.17) is 14.0 Å². The number of hydrogen-bond acceptors (Lipinski definition) is 5. The van der Waals surface area contributed by atoms with Crippen LogP contribution in [0.1, 0.15) is 60.4 Å². The van der Waals surface area contributed by atoms with Crippen molar-refractivity contribution in [2.45, 2.75) is 71.6 Å². The molecule has 3 rings (SSSR count). The number of rotatable bonds is 4. The number of nitrogens with zero attached hydrogens (tertiary/aromatic N) is 3. The molecule has 0 unspecified atom stereocenters. The van der Waals surface area contributed by atoms with Gasteiger partial charge < -0.3 is 18.9 Å². The lowest BCUT2D eigenvalue weighted by atomic mass is 9.82. The molecule has 8 heteroatoms. The fraction of sp³-hybridized carbons (Fsp3) is 0.789. The summed E-state index contributed by atoms with van der Waals surface area (Å²) in [6.07, 6.45) is 5.36. The second-order valence-electron chi connectivity index (χ2n) is 9.03. The molecule has 0 radical (unpaired) electrons. The third-order valence-electron chi connectivity index (χ3n) is 5.78. The van der Waals surface area contributed by atoms with Gasteiger partial charge in [0.1, 0.15) is 0 Å². The van der Waals surface area contributed by atoms with Gasteiger partial charge in [0, 0.05) is 30.9 Å². The summed E-state index contributed by atoms with van der Waals surface area (Å²) in [6.45, 7) is 14.1. The molecule has 7 nitrogen and oxygen atoms in total. The zero-order chi connectivity index (χ0) is 19.8. The van der Waals surface area contributed by atoms with Gasteiger partial charge >= 0.3 is 13.2 Å². The van der Waals surface area contributed by atoms with Gasteiger partial charge in [0.25, 0.3) is 0 Å². The minimum Gasteiger partial charge on any atom is -0.449 e. The summed E-state index contributed by atoms with van der Waals surface area (Å²) in [5, 5.41) is 4.53. The van der Waals surface area contributed by atoms with Crippen molar-refractivity contribution in [3.05, 3.63) is 12.4 Å². The first-order chi connectivity index (χ1) is 12.6. The lowest BCUT2D eigenvalue weighted by Gasteiger charge is -2.32. The molecule has 2 saturated heterocycles. The van der Waals surface area contributed by atoms with E-state index in [1.165, 1.54) is 0 Å². The van der Waals surface area contributed by atoms with Crippen LogP contribution in [0, 0.1) is 5.92 Å². The van der Waals surface area contributed by atoms with Crippen molar-refractivity contribution in [2.24, 2.45) is 5.92 Å². The molecule has 2 fully saturated rings. The van der Waals surface area contributed by atoms with E-state index in [-0.39, 0.29) is 23.3 Å². The predicted octanol–water partition coefficient (Wildman–Crippen LogP) is 2.61. The first kappa shape index (κ1) is 20.2. The maximum Gasteiger partial charge on any atom is 0.498 e. The van der Waals surface area contributed by atoms with Gasteiger partial charge in [0.05, 0.1) is 23.9 Å². The van der Waals surface area contributed by atoms with Gasteiger partial charge in [-0.2, -0.15) is 5.10 Å². The van der Waals surface area contributed by atoms with E-state index in [2.05, 4.69) is 5.10 Å². The highest BCUT2D eigenvalue weighted by Gasteiger charge is 2.52. The van der Waals surface area contributed by atoms with E-state index in [9.17, 15) is 4.79 Å². The summed E-state index contributed by atoms with van der Waals surface area (Å²) in [5.41, 5.74) is 0.218. The lowest BCUT2D eigenvalue weighted by Crippen LogP contribution is -2.41. The van der Waals surface area contributed by atoms with Crippen LogP contribution in [0.25, 0.3) is 0 Å². The van der Waals surface area contributed by atoms with Crippen LogP contribution in [0.5, 0.6) is 0 Å². The summed E-state index contributed by atoms with van der Waals surface area (Å²) in [5.74, 6) is 0.351. The Bertz CT molecular complexity index is 650. The zero-order valence-electron chi connectivity index (χ0n) is 17.4. The second kappa shape index (κ2) is 7.47. The molecule has 0 saturated carbocycles. The van der Waals surface area contributed by atoms with Crippen molar-refractivity contribution in [1.82, 2.24) is 14.7 Å².